The fourth-order valence-electron chi connectivity index (χ4n) is 1.91. The van der Waals surface area contributed by atoms with Gasteiger partial charge in [-0.3, -0.25) is 0 Å². The summed E-state index contributed by atoms with van der Waals surface area (Å²) in [6.45, 7) is 2.25. The zero-order chi connectivity index (χ0) is 10.9. The number of hydrogen-bond acceptors (Lipinski definition) is 3. The first-order chi connectivity index (χ1) is 7.17. The Morgan fingerprint density at radius 2 is 2.20 bits per heavy atom. The van der Waals surface area contributed by atoms with Crippen LogP contribution in [0, 0.1) is 12.3 Å². The lowest BCUT2D eigenvalue weighted by molar-refractivity contribution is 0.211. The zero-order valence-electron chi connectivity index (χ0n) is 9.29. The maximum absolute atomic E-state index is 9.27. The maximum Gasteiger partial charge on any atom is 0.213 e. The average Bonchev–Trinajstić information content (AvgIpc) is 2.97. The molecule has 0 amide bonds. The van der Waals surface area contributed by atoms with Gasteiger partial charge in [-0.1, -0.05) is 0 Å². The first kappa shape index (κ1) is 10.4. The van der Waals surface area contributed by atoms with E-state index in [4.69, 9.17) is 4.74 Å². The molecule has 1 aromatic heterocycles. The molecule has 3 heteroatoms. The van der Waals surface area contributed by atoms with Gasteiger partial charge in [0.05, 0.1) is 7.11 Å². The number of aliphatic hydroxyl groups excluding tert-OH is 1. The van der Waals surface area contributed by atoms with E-state index in [2.05, 4.69) is 11.1 Å². The number of hydrogen-bond donors (Lipinski definition) is 1. The van der Waals surface area contributed by atoms with Crippen LogP contribution < -0.4 is 4.74 Å². The third kappa shape index (κ3) is 2.29. The number of aromatic nitrogens is 1. The molecule has 1 N–H and O–H groups in total. The summed E-state index contributed by atoms with van der Waals surface area (Å²) < 4.78 is 5.13. The molecule has 0 aromatic carbocycles. The van der Waals surface area contributed by atoms with Gasteiger partial charge >= 0.3 is 0 Å². The van der Waals surface area contributed by atoms with E-state index < -0.39 is 0 Å². The SMILES string of the molecule is COc1cc(CC2(CO)CC2)cc(C)n1. The van der Waals surface area contributed by atoms with E-state index in [0.717, 1.165) is 25.0 Å². The maximum atomic E-state index is 9.27. The second-order valence-electron chi connectivity index (χ2n) is 4.49. The Morgan fingerprint density at radius 3 is 2.73 bits per heavy atom. The topological polar surface area (TPSA) is 42.4 Å². The van der Waals surface area contributed by atoms with Crippen LogP contribution in [0.2, 0.25) is 0 Å². The monoisotopic (exact) mass is 207 g/mol. The van der Waals surface area contributed by atoms with Gasteiger partial charge in [-0.15, -0.1) is 0 Å². The number of nitrogens with zero attached hydrogens (tertiary/aromatic N) is 1. The normalized spacial score (nSPS) is 17.5. The molecule has 1 aliphatic rings. The lowest BCUT2D eigenvalue weighted by Gasteiger charge is -2.12. The predicted molar refractivity (Wildman–Crippen MR) is 58.0 cm³/mol. The molecule has 0 bridgehead atoms. The Hall–Kier alpha value is -1.09. The summed E-state index contributed by atoms with van der Waals surface area (Å²) in [5.74, 6) is 0.665. The largest absolute Gasteiger partial charge is 0.481 e. The van der Waals surface area contributed by atoms with Crippen LogP contribution in [0.15, 0.2) is 12.1 Å². The molecule has 1 fully saturated rings. The number of rotatable bonds is 4. The summed E-state index contributed by atoms with van der Waals surface area (Å²) in [5.41, 5.74) is 2.34. The summed E-state index contributed by atoms with van der Waals surface area (Å²) in [6, 6.07) is 4.03. The van der Waals surface area contributed by atoms with Crippen molar-refractivity contribution < 1.29 is 9.84 Å². The summed E-state index contributed by atoms with van der Waals surface area (Å²) in [6.07, 6.45) is 3.20. The number of pyridine rings is 1. The van der Waals surface area contributed by atoms with Crippen LogP contribution in [0.3, 0.4) is 0 Å². The van der Waals surface area contributed by atoms with Crippen molar-refractivity contribution in [3.63, 3.8) is 0 Å². The van der Waals surface area contributed by atoms with Crippen molar-refractivity contribution in [1.82, 2.24) is 4.98 Å². The molecule has 82 valence electrons. The highest BCUT2D eigenvalue weighted by atomic mass is 16.5. The highest BCUT2D eigenvalue weighted by Crippen LogP contribution is 2.47. The van der Waals surface area contributed by atoms with Crippen LogP contribution >= 0.6 is 0 Å². The van der Waals surface area contributed by atoms with Gasteiger partial charge in [0.15, 0.2) is 0 Å². The second kappa shape index (κ2) is 3.81. The third-order valence-corrected chi connectivity index (χ3v) is 3.07. The quantitative estimate of drug-likeness (QED) is 0.817. The summed E-state index contributed by atoms with van der Waals surface area (Å²) in [4.78, 5) is 4.24. The van der Waals surface area contributed by atoms with E-state index in [1.165, 1.54) is 5.56 Å². The number of aliphatic hydroxyl groups is 1. The lowest BCUT2D eigenvalue weighted by atomic mass is 9.98. The van der Waals surface area contributed by atoms with Crippen LogP contribution in [-0.2, 0) is 6.42 Å². The number of ether oxygens (including phenoxy) is 1. The van der Waals surface area contributed by atoms with E-state index in [0.29, 0.717) is 5.88 Å². The zero-order valence-corrected chi connectivity index (χ0v) is 9.29. The van der Waals surface area contributed by atoms with Crippen molar-refractivity contribution in [2.75, 3.05) is 13.7 Å². The Kier molecular flexibility index (Phi) is 2.65. The molecule has 1 heterocycles. The summed E-state index contributed by atoms with van der Waals surface area (Å²) in [5, 5.41) is 9.27. The average molecular weight is 207 g/mol. The minimum atomic E-state index is 0.152. The first-order valence-electron chi connectivity index (χ1n) is 5.30. The Labute approximate surface area is 90.1 Å². The fraction of sp³-hybridized carbons (Fsp3) is 0.583. The van der Waals surface area contributed by atoms with E-state index in [1.54, 1.807) is 7.11 Å². The summed E-state index contributed by atoms with van der Waals surface area (Å²) in [7, 11) is 1.63. The van der Waals surface area contributed by atoms with Gasteiger partial charge < -0.3 is 9.84 Å². The van der Waals surface area contributed by atoms with Crippen LogP contribution in [0.25, 0.3) is 0 Å². The molecule has 15 heavy (non-hydrogen) atoms. The predicted octanol–water partition coefficient (Wildman–Crippen LogP) is 1.71. The van der Waals surface area contributed by atoms with Crippen LogP contribution in [0.1, 0.15) is 24.1 Å². The van der Waals surface area contributed by atoms with Crippen LogP contribution in [0.5, 0.6) is 5.88 Å². The summed E-state index contributed by atoms with van der Waals surface area (Å²) >= 11 is 0. The Balaban J connectivity index is 2.17. The molecule has 0 aliphatic heterocycles. The third-order valence-electron chi connectivity index (χ3n) is 3.07. The molecule has 3 nitrogen and oxygen atoms in total. The minimum absolute atomic E-state index is 0.152. The van der Waals surface area contributed by atoms with Gasteiger partial charge in [-0.05, 0) is 43.2 Å². The smallest absolute Gasteiger partial charge is 0.213 e. The molecular formula is C12H17NO2. The van der Waals surface area contributed by atoms with Gasteiger partial charge in [0.25, 0.3) is 0 Å². The van der Waals surface area contributed by atoms with Gasteiger partial charge in [0, 0.05) is 18.4 Å². The molecule has 0 unspecified atom stereocenters. The van der Waals surface area contributed by atoms with E-state index in [1.807, 2.05) is 13.0 Å². The fourth-order valence-corrected chi connectivity index (χ4v) is 1.91. The van der Waals surface area contributed by atoms with Crippen LogP contribution in [0.4, 0.5) is 0 Å². The first-order valence-corrected chi connectivity index (χ1v) is 5.30. The molecule has 0 spiro atoms. The molecule has 2 rings (SSSR count). The molecular weight excluding hydrogens is 190 g/mol. The van der Waals surface area contributed by atoms with E-state index in [-0.39, 0.29) is 12.0 Å². The van der Waals surface area contributed by atoms with Crippen molar-refractivity contribution in [2.45, 2.75) is 26.2 Å². The Morgan fingerprint density at radius 1 is 1.47 bits per heavy atom. The lowest BCUT2D eigenvalue weighted by Crippen LogP contribution is -2.10. The van der Waals surface area contributed by atoms with Gasteiger partial charge in [0.1, 0.15) is 0 Å². The number of methoxy groups -OCH3 is 1. The van der Waals surface area contributed by atoms with Crippen molar-refractivity contribution in [1.29, 1.82) is 0 Å². The van der Waals surface area contributed by atoms with Crippen molar-refractivity contribution in [3.8, 4) is 5.88 Å². The standard InChI is InChI=1S/C12H17NO2/c1-9-5-10(6-11(13-9)15-2)7-12(8-14)3-4-12/h5-6,14H,3-4,7-8H2,1-2H3. The molecule has 0 radical (unpaired) electrons. The second-order valence-corrected chi connectivity index (χ2v) is 4.49. The van der Waals surface area contributed by atoms with Gasteiger partial charge in [-0.25, -0.2) is 4.98 Å². The van der Waals surface area contributed by atoms with Gasteiger partial charge in [0.2, 0.25) is 5.88 Å². The number of aryl methyl sites for hydroxylation is 1. The van der Waals surface area contributed by atoms with Crippen molar-refractivity contribution in [3.05, 3.63) is 23.4 Å². The van der Waals surface area contributed by atoms with E-state index in [9.17, 15) is 5.11 Å². The highest BCUT2D eigenvalue weighted by molar-refractivity contribution is 5.26. The minimum Gasteiger partial charge on any atom is -0.481 e. The molecule has 0 atom stereocenters. The van der Waals surface area contributed by atoms with E-state index >= 15 is 0 Å². The molecule has 1 aliphatic carbocycles. The molecule has 1 saturated carbocycles. The molecule has 0 saturated heterocycles. The molecule has 1 aromatic rings. The van der Waals surface area contributed by atoms with Crippen LogP contribution in [-0.4, -0.2) is 23.8 Å². The van der Waals surface area contributed by atoms with Crippen molar-refractivity contribution >= 4 is 0 Å². The highest BCUT2D eigenvalue weighted by Gasteiger charge is 2.41. The van der Waals surface area contributed by atoms with Gasteiger partial charge in [-0.2, -0.15) is 0 Å². The van der Waals surface area contributed by atoms with Crippen molar-refractivity contribution in [2.24, 2.45) is 5.41 Å². The Bertz CT molecular complexity index is 359.